The van der Waals surface area contributed by atoms with Gasteiger partial charge in [-0.15, -0.1) is 0 Å². The minimum absolute atomic E-state index is 0.638. The first-order chi connectivity index (χ1) is 9.83. The fourth-order valence-corrected chi connectivity index (χ4v) is 1.96. The molecule has 0 fully saturated rings. The summed E-state index contributed by atoms with van der Waals surface area (Å²) in [5, 5.41) is 3.40. The van der Waals surface area contributed by atoms with E-state index in [-0.39, 0.29) is 0 Å². The smallest absolute Gasteiger partial charge is 0.161 e. The van der Waals surface area contributed by atoms with E-state index in [0.29, 0.717) is 6.61 Å². The molecule has 2 rings (SSSR count). The average Bonchev–Trinajstić information content (AvgIpc) is 2.98. The number of nitrogens with one attached hydrogen (secondary N) is 1. The van der Waals surface area contributed by atoms with Gasteiger partial charge in [0.25, 0.3) is 0 Å². The number of imidazole rings is 1. The molecule has 1 aromatic heterocycles. The highest BCUT2D eigenvalue weighted by atomic mass is 16.5. The average molecular weight is 275 g/mol. The number of methoxy groups -OCH3 is 1. The lowest BCUT2D eigenvalue weighted by atomic mass is 10.2. The van der Waals surface area contributed by atoms with Crippen molar-refractivity contribution < 1.29 is 9.47 Å². The van der Waals surface area contributed by atoms with Crippen molar-refractivity contribution in [1.82, 2.24) is 14.9 Å². The summed E-state index contributed by atoms with van der Waals surface area (Å²) in [6.45, 7) is 5.21. The highest BCUT2D eigenvalue weighted by Crippen LogP contribution is 2.27. The van der Waals surface area contributed by atoms with Gasteiger partial charge in [0.2, 0.25) is 0 Å². The minimum atomic E-state index is 0.638. The molecule has 1 heterocycles. The Morgan fingerprint density at radius 3 is 2.90 bits per heavy atom. The van der Waals surface area contributed by atoms with Crippen molar-refractivity contribution in [1.29, 1.82) is 0 Å². The molecule has 20 heavy (non-hydrogen) atoms. The van der Waals surface area contributed by atoms with Gasteiger partial charge in [-0.2, -0.15) is 0 Å². The second-order valence-corrected chi connectivity index (χ2v) is 4.40. The maximum Gasteiger partial charge on any atom is 0.161 e. The van der Waals surface area contributed by atoms with Crippen molar-refractivity contribution in [3.63, 3.8) is 0 Å². The minimum Gasteiger partial charge on any atom is -0.493 e. The molecule has 1 N–H and O–H groups in total. The highest BCUT2D eigenvalue weighted by Gasteiger charge is 2.04. The predicted molar refractivity (Wildman–Crippen MR) is 78.1 cm³/mol. The van der Waals surface area contributed by atoms with E-state index in [2.05, 4.69) is 16.4 Å². The summed E-state index contributed by atoms with van der Waals surface area (Å²) in [5.74, 6) is 1.57. The van der Waals surface area contributed by atoms with Crippen LogP contribution in [0.1, 0.15) is 12.5 Å². The fraction of sp³-hybridized carbons (Fsp3) is 0.400. The van der Waals surface area contributed by atoms with Gasteiger partial charge in [-0.3, -0.25) is 0 Å². The Kier molecular flexibility index (Phi) is 5.43. The number of hydrogen-bond acceptors (Lipinski definition) is 4. The molecule has 0 saturated heterocycles. The van der Waals surface area contributed by atoms with E-state index in [1.807, 2.05) is 36.1 Å². The largest absolute Gasteiger partial charge is 0.493 e. The number of hydrogen-bond donors (Lipinski definition) is 1. The number of rotatable bonds is 8. The van der Waals surface area contributed by atoms with Crippen molar-refractivity contribution in [2.24, 2.45) is 0 Å². The van der Waals surface area contributed by atoms with Gasteiger partial charge in [0.1, 0.15) is 0 Å². The molecular formula is C15H21N3O2. The number of aromatic nitrogens is 2. The van der Waals surface area contributed by atoms with Crippen LogP contribution in [-0.2, 0) is 13.1 Å². The molecule has 0 aliphatic rings. The van der Waals surface area contributed by atoms with E-state index < -0.39 is 0 Å². The first-order valence-corrected chi connectivity index (χ1v) is 6.79. The van der Waals surface area contributed by atoms with Crippen molar-refractivity contribution in [3.8, 4) is 11.5 Å². The summed E-state index contributed by atoms with van der Waals surface area (Å²) < 4.78 is 12.9. The van der Waals surface area contributed by atoms with Crippen LogP contribution in [0, 0.1) is 0 Å². The third-order valence-corrected chi connectivity index (χ3v) is 2.96. The molecule has 5 nitrogen and oxygen atoms in total. The summed E-state index contributed by atoms with van der Waals surface area (Å²) in [4.78, 5) is 4.01. The highest BCUT2D eigenvalue weighted by molar-refractivity contribution is 5.42. The second kappa shape index (κ2) is 7.55. The summed E-state index contributed by atoms with van der Waals surface area (Å²) in [7, 11) is 1.66. The van der Waals surface area contributed by atoms with E-state index in [9.17, 15) is 0 Å². The molecule has 0 aliphatic heterocycles. The van der Waals surface area contributed by atoms with E-state index in [1.54, 1.807) is 13.3 Å². The van der Waals surface area contributed by atoms with Crippen molar-refractivity contribution >= 4 is 0 Å². The summed E-state index contributed by atoms with van der Waals surface area (Å²) in [6, 6.07) is 6.02. The Bertz CT molecular complexity index is 512. The van der Waals surface area contributed by atoms with E-state index in [4.69, 9.17) is 9.47 Å². The van der Waals surface area contributed by atoms with E-state index in [1.165, 1.54) is 5.56 Å². The molecule has 0 spiro atoms. The first kappa shape index (κ1) is 14.4. The maximum absolute atomic E-state index is 5.50. The van der Waals surface area contributed by atoms with Crippen LogP contribution in [0.25, 0.3) is 0 Å². The van der Waals surface area contributed by atoms with E-state index in [0.717, 1.165) is 31.1 Å². The van der Waals surface area contributed by atoms with Crippen molar-refractivity contribution in [3.05, 3.63) is 42.5 Å². The number of ether oxygens (including phenoxy) is 2. The Morgan fingerprint density at radius 1 is 1.30 bits per heavy atom. The van der Waals surface area contributed by atoms with Gasteiger partial charge in [-0.1, -0.05) is 6.07 Å². The van der Waals surface area contributed by atoms with Gasteiger partial charge >= 0.3 is 0 Å². The lowest BCUT2D eigenvalue weighted by molar-refractivity contribution is 0.310. The van der Waals surface area contributed by atoms with Crippen LogP contribution < -0.4 is 14.8 Å². The summed E-state index contributed by atoms with van der Waals surface area (Å²) in [5.41, 5.74) is 1.18. The molecule has 0 amide bonds. The Balaban J connectivity index is 1.83. The van der Waals surface area contributed by atoms with Crippen LogP contribution in [0.15, 0.2) is 36.9 Å². The second-order valence-electron chi connectivity index (χ2n) is 4.40. The third-order valence-electron chi connectivity index (χ3n) is 2.96. The molecule has 5 heteroatoms. The van der Waals surface area contributed by atoms with Crippen LogP contribution in [-0.4, -0.2) is 29.8 Å². The van der Waals surface area contributed by atoms with Gasteiger partial charge < -0.3 is 19.4 Å². The lowest BCUT2D eigenvalue weighted by Gasteiger charge is -2.11. The molecule has 1 aromatic carbocycles. The van der Waals surface area contributed by atoms with Gasteiger partial charge in [-0.25, -0.2) is 4.98 Å². The molecule has 0 aliphatic carbocycles. The van der Waals surface area contributed by atoms with Crippen LogP contribution in [0.4, 0.5) is 0 Å². The topological polar surface area (TPSA) is 48.3 Å². The van der Waals surface area contributed by atoms with Crippen LogP contribution in [0.5, 0.6) is 11.5 Å². The van der Waals surface area contributed by atoms with Gasteiger partial charge in [0.05, 0.1) is 20.0 Å². The van der Waals surface area contributed by atoms with Gasteiger partial charge in [0.15, 0.2) is 11.5 Å². The summed E-state index contributed by atoms with van der Waals surface area (Å²) in [6.07, 6.45) is 5.57. The molecular weight excluding hydrogens is 254 g/mol. The maximum atomic E-state index is 5.50. The Labute approximate surface area is 119 Å². The number of nitrogens with zero attached hydrogens (tertiary/aromatic N) is 2. The summed E-state index contributed by atoms with van der Waals surface area (Å²) >= 11 is 0. The normalized spacial score (nSPS) is 10.5. The van der Waals surface area contributed by atoms with Crippen LogP contribution in [0.3, 0.4) is 0 Å². The Morgan fingerprint density at radius 2 is 2.20 bits per heavy atom. The zero-order valence-corrected chi connectivity index (χ0v) is 12.0. The molecule has 0 bridgehead atoms. The van der Waals surface area contributed by atoms with Crippen molar-refractivity contribution in [2.75, 3.05) is 20.3 Å². The molecule has 0 radical (unpaired) electrons. The monoisotopic (exact) mass is 275 g/mol. The molecule has 0 atom stereocenters. The molecule has 0 unspecified atom stereocenters. The van der Waals surface area contributed by atoms with E-state index >= 15 is 0 Å². The zero-order valence-electron chi connectivity index (χ0n) is 12.0. The zero-order chi connectivity index (χ0) is 14.2. The molecule has 0 saturated carbocycles. The van der Waals surface area contributed by atoms with Gasteiger partial charge in [-0.05, 0) is 24.6 Å². The van der Waals surface area contributed by atoms with Crippen LogP contribution >= 0.6 is 0 Å². The quantitative estimate of drug-likeness (QED) is 0.749. The first-order valence-electron chi connectivity index (χ1n) is 6.79. The molecule has 108 valence electrons. The SMILES string of the molecule is CCOc1ccc(CNCCn2ccnc2)cc1OC. The number of benzene rings is 1. The lowest BCUT2D eigenvalue weighted by Crippen LogP contribution is -2.19. The van der Waals surface area contributed by atoms with Gasteiger partial charge in [0, 0.05) is 32.0 Å². The fourth-order valence-electron chi connectivity index (χ4n) is 1.96. The predicted octanol–water partition coefficient (Wildman–Crippen LogP) is 2.08. The Hall–Kier alpha value is -2.01. The molecule has 2 aromatic rings. The third kappa shape index (κ3) is 3.99. The van der Waals surface area contributed by atoms with Crippen molar-refractivity contribution in [2.45, 2.75) is 20.0 Å². The van der Waals surface area contributed by atoms with Crippen LogP contribution in [0.2, 0.25) is 0 Å². The standard InChI is InChI=1S/C15H21N3O2/c1-3-20-14-5-4-13(10-15(14)19-2)11-16-6-8-18-9-7-17-12-18/h4-5,7,9-10,12,16H,3,6,8,11H2,1-2H3.